The van der Waals surface area contributed by atoms with Crippen molar-refractivity contribution in [3.8, 4) is 0 Å². The fourth-order valence-electron chi connectivity index (χ4n) is 2.05. The van der Waals surface area contributed by atoms with Gasteiger partial charge < -0.3 is 0 Å². The Hall–Kier alpha value is -2.65. The summed E-state index contributed by atoms with van der Waals surface area (Å²) < 4.78 is 0. The van der Waals surface area contributed by atoms with Gasteiger partial charge in [-0.05, 0) is 36.4 Å². The van der Waals surface area contributed by atoms with Crippen LogP contribution in [0.1, 0.15) is 11.1 Å². The molecule has 4 heteroatoms. The Morgan fingerprint density at radius 2 is 1.45 bits per heavy atom. The molecule has 2 aromatic carbocycles. The van der Waals surface area contributed by atoms with E-state index in [2.05, 4.69) is 15.5 Å². The van der Waals surface area contributed by atoms with Gasteiger partial charge in [-0.3, -0.25) is 10.4 Å². The number of hydrogen-bond acceptors (Lipinski definition) is 3. The number of rotatable bonds is 4. The summed E-state index contributed by atoms with van der Waals surface area (Å²) in [7, 11) is 0. The molecule has 3 nitrogen and oxygen atoms in total. The molecule has 3 aromatic rings. The zero-order valence-corrected chi connectivity index (χ0v) is 12.5. The number of hydrogen-bond donors (Lipinski definition) is 1. The molecule has 0 atom stereocenters. The largest absolute Gasteiger partial charge is 0.278 e. The Morgan fingerprint density at radius 3 is 2.14 bits per heavy atom. The van der Waals surface area contributed by atoms with Crippen molar-refractivity contribution in [3.63, 3.8) is 0 Å². The molecule has 108 valence electrons. The predicted molar refractivity (Wildman–Crippen MR) is 91.4 cm³/mol. The molecule has 3 rings (SSSR count). The average molecular weight is 308 g/mol. The van der Waals surface area contributed by atoms with Gasteiger partial charge in [0.1, 0.15) is 0 Å². The van der Waals surface area contributed by atoms with Gasteiger partial charge in [-0.1, -0.05) is 41.9 Å². The van der Waals surface area contributed by atoms with Gasteiger partial charge in [0.2, 0.25) is 0 Å². The van der Waals surface area contributed by atoms with E-state index in [1.807, 2.05) is 66.7 Å². The summed E-state index contributed by atoms with van der Waals surface area (Å²) >= 11 is 5.90. The van der Waals surface area contributed by atoms with E-state index < -0.39 is 0 Å². The molecular formula is C18H14ClN3. The molecule has 0 spiro atoms. The van der Waals surface area contributed by atoms with Gasteiger partial charge in [-0.15, -0.1) is 0 Å². The highest BCUT2D eigenvalue weighted by Crippen LogP contribution is 2.15. The lowest BCUT2D eigenvalue weighted by Gasteiger charge is -2.08. The maximum absolute atomic E-state index is 5.90. The quantitative estimate of drug-likeness (QED) is 0.565. The van der Waals surface area contributed by atoms with Crippen LogP contribution >= 0.6 is 11.6 Å². The van der Waals surface area contributed by atoms with Crippen LogP contribution in [0, 0.1) is 0 Å². The summed E-state index contributed by atoms with van der Waals surface area (Å²) in [5.74, 6) is 0. The molecule has 0 unspecified atom stereocenters. The van der Waals surface area contributed by atoms with Gasteiger partial charge in [0, 0.05) is 28.5 Å². The minimum atomic E-state index is 0.701. The first kappa shape index (κ1) is 14.3. The van der Waals surface area contributed by atoms with Crippen molar-refractivity contribution in [1.29, 1.82) is 0 Å². The van der Waals surface area contributed by atoms with Gasteiger partial charge in [-0.2, -0.15) is 5.10 Å². The van der Waals surface area contributed by atoms with E-state index in [0.717, 1.165) is 22.5 Å². The number of halogens is 1. The summed E-state index contributed by atoms with van der Waals surface area (Å²) in [6, 6.07) is 21.4. The van der Waals surface area contributed by atoms with Gasteiger partial charge in [0.15, 0.2) is 0 Å². The van der Waals surface area contributed by atoms with Gasteiger partial charge in [0.25, 0.3) is 0 Å². The Balaban J connectivity index is 1.95. The van der Waals surface area contributed by atoms with E-state index in [1.165, 1.54) is 0 Å². The number of aromatic nitrogens is 1. The molecule has 0 aliphatic rings. The standard InChI is InChI=1S/C18H14ClN3/c19-16-6-8-17(9-7-16)21-22-18(14-4-2-1-3-5-14)15-10-12-20-13-11-15/h1-13,21H/b22-18+. The Labute approximate surface area is 134 Å². The fourth-order valence-corrected chi connectivity index (χ4v) is 2.17. The van der Waals surface area contributed by atoms with Gasteiger partial charge in [-0.25, -0.2) is 0 Å². The maximum Gasteiger partial charge on any atom is 0.0979 e. The minimum absolute atomic E-state index is 0.701. The van der Waals surface area contributed by atoms with Crippen LogP contribution < -0.4 is 5.43 Å². The molecule has 0 saturated heterocycles. The monoisotopic (exact) mass is 307 g/mol. The second kappa shape index (κ2) is 6.87. The molecule has 0 radical (unpaired) electrons. The topological polar surface area (TPSA) is 37.3 Å². The molecular weight excluding hydrogens is 294 g/mol. The van der Waals surface area contributed by atoms with E-state index in [9.17, 15) is 0 Å². The summed E-state index contributed by atoms with van der Waals surface area (Å²) in [5.41, 5.74) is 6.86. The molecule has 0 fully saturated rings. The SMILES string of the molecule is Clc1ccc(N/N=C(\c2ccccc2)c2ccncc2)cc1. The maximum atomic E-state index is 5.90. The highest BCUT2D eigenvalue weighted by Gasteiger charge is 2.06. The van der Waals surface area contributed by atoms with Crippen molar-refractivity contribution in [1.82, 2.24) is 4.98 Å². The fraction of sp³-hybridized carbons (Fsp3) is 0. The van der Waals surface area contributed by atoms with E-state index in [0.29, 0.717) is 5.02 Å². The lowest BCUT2D eigenvalue weighted by atomic mass is 10.0. The summed E-state index contributed by atoms with van der Waals surface area (Å²) in [5, 5.41) is 5.26. The summed E-state index contributed by atoms with van der Waals surface area (Å²) in [6.07, 6.45) is 3.52. The molecule has 0 amide bonds. The number of hydrazone groups is 1. The first-order chi connectivity index (χ1) is 10.8. The normalized spacial score (nSPS) is 11.2. The highest BCUT2D eigenvalue weighted by atomic mass is 35.5. The first-order valence-corrected chi connectivity index (χ1v) is 7.26. The molecule has 0 aliphatic carbocycles. The van der Waals surface area contributed by atoms with Crippen molar-refractivity contribution in [2.75, 3.05) is 5.43 Å². The number of nitrogens with zero attached hydrogens (tertiary/aromatic N) is 2. The van der Waals surface area contributed by atoms with Crippen LogP contribution in [0.3, 0.4) is 0 Å². The van der Waals surface area contributed by atoms with E-state index in [1.54, 1.807) is 12.4 Å². The molecule has 1 N–H and O–H groups in total. The van der Waals surface area contributed by atoms with Gasteiger partial charge >= 0.3 is 0 Å². The van der Waals surface area contributed by atoms with Crippen LogP contribution in [-0.2, 0) is 0 Å². The average Bonchev–Trinajstić information content (AvgIpc) is 2.59. The van der Waals surface area contributed by atoms with Crippen molar-refractivity contribution >= 4 is 23.0 Å². The summed E-state index contributed by atoms with van der Waals surface area (Å²) in [4.78, 5) is 4.06. The minimum Gasteiger partial charge on any atom is -0.278 e. The van der Waals surface area contributed by atoms with Crippen molar-refractivity contribution in [2.45, 2.75) is 0 Å². The van der Waals surface area contributed by atoms with E-state index >= 15 is 0 Å². The third kappa shape index (κ3) is 3.51. The van der Waals surface area contributed by atoms with Crippen molar-refractivity contribution in [3.05, 3.63) is 95.3 Å². The van der Waals surface area contributed by atoms with E-state index in [4.69, 9.17) is 11.6 Å². The lowest BCUT2D eigenvalue weighted by molar-refractivity contribution is 1.29. The highest BCUT2D eigenvalue weighted by molar-refractivity contribution is 6.30. The lowest BCUT2D eigenvalue weighted by Crippen LogP contribution is -2.06. The Morgan fingerprint density at radius 1 is 0.818 bits per heavy atom. The number of nitrogens with one attached hydrogen (secondary N) is 1. The van der Waals surface area contributed by atoms with Gasteiger partial charge in [0.05, 0.1) is 11.4 Å². The van der Waals surface area contributed by atoms with Crippen LogP contribution in [0.25, 0.3) is 0 Å². The first-order valence-electron chi connectivity index (χ1n) is 6.88. The second-order valence-electron chi connectivity index (χ2n) is 4.68. The van der Waals surface area contributed by atoms with Crippen LogP contribution in [0.5, 0.6) is 0 Å². The van der Waals surface area contributed by atoms with E-state index in [-0.39, 0.29) is 0 Å². The zero-order chi connectivity index (χ0) is 15.2. The second-order valence-corrected chi connectivity index (χ2v) is 5.12. The summed E-state index contributed by atoms with van der Waals surface area (Å²) in [6.45, 7) is 0. The molecule has 0 saturated carbocycles. The molecule has 1 aromatic heterocycles. The number of anilines is 1. The Bertz CT molecular complexity index is 712. The molecule has 22 heavy (non-hydrogen) atoms. The molecule has 1 heterocycles. The van der Waals surface area contributed by atoms with Crippen LogP contribution in [0.15, 0.2) is 84.2 Å². The smallest absolute Gasteiger partial charge is 0.0979 e. The molecule has 0 bridgehead atoms. The van der Waals surface area contributed by atoms with Crippen molar-refractivity contribution in [2.24, 2.45) is 5.10 Å². The third-order valence-electron chi connectivity index (χ3n) is 3.14. The molecule has 0 aliphatic heterocycles. The van der Waals surface area contributed by atoms with Crippen molar-refractivity contribution < 1.29 is 0 Å². The predicted octanol–water partition coefficient (Wildman–Crippen LogP) is 4.60. The number of pyridine rings is 1. The number of benzene rings is 2. The van der Waals surface area contributed by atoms with Crippen LogP contribution in [-0.4, -0.2) is 10.7 Å². The zero-order valence-electron chi connectivity index (χ0n) is 11.8. The van der Waals surface area contributed by atoms with Crippen LogP contribution in [0.4, 0.5) is 5.69 Å². The Kier molecular flexibility index (Phi) is 4.47. The third-order valence-corrected chi connectivity index (χ3v) is 3.39. The van der Waals surface area contributed by atoms with Crippen LogP contribution in [0.2, 0.25) is 5.02 Å².